The second-order valence-electron chi connectivity index (χ2n) is 4.98. The number of H-pyrrole nitrogens is 1. The maximum Gasteiger partial charge on any atom is 0.246 e. The van der Waals surface area contributed by atoms with Crippen LogP contribution >= 0.6 is 0 Å². The van der Waals surface area contributed by atoms with Crippen molar-refractivity contribution >= 4 is 10.0 Å². The number of nitrogens with zero attached hydrogens (tertiary/aromatic N) is 2. The van der Waals surface area contributed by atoms with Gasteiger partial charge >= 0.3 is 0 Å². The van der Waals surface area contributed by atoms with Gasteiger partial charge in [0.2, 0.25) is 10.0 Å². The normalized spacial score (nSPS) is 12.2. The van der Waals surface area contributed by atoms with Crippen molar-refractivity contribution in [2.45, 2.75) is 51.5 Å². The Morgan fingerprint density at radius 2 is 2.00 bits per heavy atom. The molecular formula is C13H26N4O2S. The van der Waals surface area contributed by atoms with E-state index in [1.54, 1.807) is 14.0 Å². The Kier molecular flexibility index (Phi) is 6.64. The lowest BCUT2D eigenvalue weighted by atomic mass is 10.3. The number of sulfonamides is 1. The number of nitrogens with one attached hydrogen (secondary N) is 2. The maximum absolute atomic E-state index is 12.6. The fourth-order valence-corrected chi connectivity index (χ4v) is 3.50. The van der Waals surface area contributed by atoms with E-state index >= 15 is 0 Å². The van der Waals surface area contributed by atoms with Gasteiger partial charge in [-0.05, 0) is 26.3 Å². The van der Waals surface area contributed by atoms with Crippen LogP contribution in [-0.4, -0.2) is 43.1 Å². The number of aromatic nitrogens is 2. The summed E-state index contributed by atoms with van der Waals surface area (Å²) >= 11 is 0. The summed E-state index contributed by atoms with van der Waals surface area (Å²) in [4.78, 5) is 0.319. The molecule has 0 aliphatic rings. The lowest BCUT2D eigenvalue weighted by molar-refractivity contribution is 0.458. The topological polar surface area (TPSA) is 78.1 Å². The summed E-state index contributed by atoms with van der Waals surface area (Å²) in [6.07, 6.45) is 2.83. The highest BCUT2D eigenvalue weighted by atomic mass is 32.2. The Balaban J connectivity index is 2.95. The van der Waals surface area contributed by atoms with Gasteiger partial charge in [-0.1, -0.05) is 20.3 Å². The second-order valence-corrected chi connectivity index (χ2v) is 6.96. The quantitative estimate of drug-likeness (QED) is 0.680. The molecule has 0 saturated carbocycles. The van der Waals surface area contributed by atoms with Crippen LogP contribution in [0.2, 0.25) is 0 Å². The van der Waals surface area contributed by atoms with Crippen LogP contribution in [0.1, 0.15) is 44.5 Å². The van der Waals surface area contributed by atoms with Crippen molar-refractivity contribution in [2.24, 2.45) is 0 Å². The van der Waals surface area contributed by atoms with Crippen molar-refractivity contribution in [3.05, 3.63) is 11.4 Å². The Morgan fingerprint density at radius 1 is 1.30 bits per heavy atom. The predicted octanol–water partition coefficient (Wildman–Crippen LogP) is 1.64. The van der Waals surface area contributed by atoms with Crippen molar-refractivity contribution < 1.29 is 8.42 Å². The van der Waals surface area contributed by atoms with Gasteiger partial charge in [0.1, 0.15) is 4.90 Å². The van der Waals surface area contributed by atoms with Crippen LogP contribution in [0.5, 0.6) is 0 Å². The fourth-order valence-electron chi connectivity index (χ4n) is 1.97. The van der Waals surface area contributed by atoms with E-state index in [4.69, 9.17) is 0 Å². The van der Waals surface area contributed by atoms with Gasteiger partial charge in [-0.3, -0.25) is 5.10 Å². The van der Waals surface area contributed by atoms with E-state index in [0.29, 0.717) is 29.4 Å². The number of unbranched alkanes of at least 4 members (excludes halogenated alkanes) is 1. The molecule has 7 heteroatoms. The molecular weight excluding hydrogens is 276 g/mol. The molecule has 0 aliphatic heterocycles. The van der Waals surface area contributed by atoms with E-state index in [0.717, 1.165) is 25.8 Å². The zero-order valence-electron chi connectivity index (χ0n) is 12.9. The van der Waals surface area contributed by atoms with E-state index in [9.17, 15) is 8.42 Å². The van der Waals surface area contributed by atoms with Gasteiger partial charge in [0, 0.05) is 20.1 Å². The van der Waals surface area contributed by atoms with Crippen molar-refractivity contribution in [1.29, 1.82) is 0 Å². The molecule has 116 valence electrons. The van der Waals surface area contributed by atoms with E-state index in [1.807, 2.05) is 6.92 Å². The van der Waals surface area contributed by atoms with Crippen molar-refractivity contribution in [2.75, 3.05) is 20.1 Å². The second kappa shape index (κ2) is 7.75. The van der Waals surface area contributed by atoms with Gasteiger partial charge in [-0.2, -0.15) is 5.10 Å². The minimum atomic E-state index is -3.47. The Bertz CT molecular complexity index is 510. The predicted molar refractivity (Wildman–Crippen MR) is 80.0 cm³/mol. The Labute approximate surface area is 122 Å². The first kappa shape index (κ1) is 17.1. The summed E-state index contributed by atoms with van der Waals surface area (Å²) in [5.41, 5.74) is 1.17. The summed E-state index contributed by atoms with van der Waals surface area (Å²) in [5.74, 6) is 0. The summed E-state index contributed by atoms with van der Waals surface area (Å²) in [6, 6.07) is 0. The first-order valence-electron chi connectivity index (χ1n) is 7.16. The molecule has 0 aliphatic carbocycles. The monoisotopic (exact) mass is 302 g/mol. The highest BCUT2D eigenvalue weighted by molar-refractivity contribution is 7.89. The fraction of sp³-hybridized carbons (Fsp3) is 0.769. The van der Waals surface area contributed by atoms with Crippen molar-refractivity contribution in [1.82, 2.24) is 19.8 Å². The smallest absolute Gasteiger partial charge is 0.246 e. The molecule has 0 spiro atoms. The summed E-state index contributed by atoms with van der Waals surface area (Å²) in [6.45, 7) is 7.70. The highest BCUT2D eigenvalue weighted by Gasteiger charge is 2.27. The molecule has 0 radical (unpaired) electrons. The van der Waals surface area contributed by atoms with Gasteiger partial charge in [0.05, 0.1) is 11.4 Å². The molecule has 1 aromatic rings. The summed E-state index contributed by atoms with van der Waals surface area (Å²) in [5, 5.41) is 10.1. The number of aryl methyl sites for hydroxylation is 1. The average molecular weight is 302 g/mol. The zero-order chi connectivity index (χ0) is 15.2. The molecule has 0 aromatic carbocycles. The lowest BCUT2D eigenvalue weighted by Crippen LogP contribution is -2.29. The zero-order valence-corrected chi connectivity index (χ0v) is 13.7. The van der Waals surface area contributed by atoms with Gasteiger partial charge in [-0.25, -0.2) is 12.7 Å². The Morgan fingerprint density at radius 3 is 2.60 bits per heavy atom. The van der Waals surface area contributed by atoms with Crippen LogP contribution < -0.4 is 5.32 Å². The Hall–Kier alpha value is -0.920. The standard InChI is InChI=1S/C13H26N4O2S/c1-5-7-9-17(4)20(18,19)13-11(3)15-16-12(13)10-14-8-6-2/h14H,5-10H2,1-4H3,(H,15,16). The number of aromatic amines is 1. The van der Waals surface area contributed by atoms with E-state index in [1.165, 1.54) is 4.31 Å². The molecule has 6 nitrogen and oxygen atoms in total. The van der Waals surface area contributed by atoms with Crippen LogP contribution in [0.4, 0.5) is 0 Å². The molecule has 1 heterocycles. The van der Waals surface area contributed by atoms with Crippen LogP contribution in [0.3, 0.4) is 0 Å². The third-order valence-corrected chi connectivity index (χ3v) is 5.24. The van der Waals surface area contributed by atoms with Crippen LogP contribution in [0, 0.1) is 6.92 Å². The first-order chi connectivity index (χ1) is 9.45. The molecule has 0 saturated heterocycles. The van der Waals surface area contributed by atoms with E-state index in [-0.39, 0.29) is 0 Å². The summed E-state index contributed by atoms with van der Waals surface area (Å²) < 4.78 is 26.6. The first-order valence-corrected chi connectivity index (χ1v) is 8.60. The third kappa shape index (κ3) is 4.04. The van der Waals surface area contributed by atoms with E-state index < -0.39 is 10.0 Å². The average Bonchev–Trinajstić information content (AvgIpc) is 2.78. The van der Waals surface area contributed by atoms with Gasteiger partial charge in [-0.15, -0.1) is 0 Å². The van der Waals surface area contributed by atoms with Gasteiger partial charge in [0.15, 0.2) is 0 Å². The highest BCUT2D eigenvalue weighted by Crippen LogP contribution is 2.21. The molecule has 0 unspecified atom stereocenters. The lowest BCUT2D eigenvalue weighted by Gasteiger charge is -2.17. The molecule has 0 amide bonds. The number of rotatable bonds is 9. The molecule has 0 bridgehead atoms. The SMILES string of the molecule is CCCCN(C)S(=O)(=O)c1c(CNCCC)n[nH]c1C. The molecule has 0 fully saturated rings. The van der Waals surface area contributed by atoms with Crippen LogP contribution in [0.25, 0.3) is 0 Å². The van der Waals surface area contributed by atoms with Crippen LogP contribution in [0.15, 0.2) is 4.90 Å². The minimum Gasteiger partial charge on any atom is -0.311 e. The summed E-state index contributed by atoms with van der Waals surface area (Å²) in [7, 11) is -1.84. The molecule has 1 aromatic heterocycles. The van der Waals surface area contributed by atoms with Crippen LogP contribution in [-0.2, 0) is 16.6 Å². The minimum absolute atomic E-state index is 0.319. The largest absolute Gasteiger partial charge is 0.311 e. The maximum atomic E-state index is 12.6. The van der Waals surface area contributed by atoms with Gasteiger partial charge in [0.25, 0.3) is 0 Å². The molecule has 0 atom stereocenters. The molecule has 2 N–H and O–H groups in total. The van der Waals surface area contributed by atoms with Crippen molar-refractivity contribution in [3.63, 3.8) is 0 Å². The number of hydrogen-bond acceptors (Lipinski definition) is 4. The van der Waals surface area contributed by atoms with Gasteiger partial charge < -0.3 is 5.32 Å². The molecule has 20 heavy (non-hydrogen) atoms. The van der Waals surface area contributed by atoms with Crippen molar-refractivity contribution in [3.8, 4) is 0 Å². The third-order valence-electron chi connectivity index (χ3n) is 3.18. The van der Waals surface area contributed by atoms with E-state index in [2.05, 4.69) is 22.4 Å². The number of hydrogen-bond donors (Lipinski definition) is 2. The molecule has 1 rings (SSSR count).